The number of nitrogens with one attached hydrogen (secondary N) is 2. The second-order valence-corrected chi connectivity index (χ2v) is 12.4. The Morgan fingerprint density at radius 3 is 2.42 bits per heavy atom. The van der Waals surface area contributed by atoms with Gasteiger partial charge in [0.15, 0.2) is 5.65 Å². The van der Waals surface area contributed by atoms with Crippen molar-refractivity contribution < 1.29 is 9.90 Å². The number of nitrogens with two attached hydrogens (primary N) is 1. The van der Waals surface area contributed by atoms with E-state index in [1.807, 2.05) is 4.57 Å². The van der Waals surface area contributed by atoms with Crippen molar-refractivity contribution in [1.82, 2.24) is 19.5 Å². The molecule has 2 fully saturated rings. The van der Waals surface area contributed by atoms with Gasteiger partial charge in [0.05, 0.1) is 28.0 Å². The van der Waals surface area contributed by atoms with Crippen molar-refractivity contribution in [1.29, 1.82) is 0 Å². The molecule has 1 amide bonds. The summed E-state index contributed by atoms with van der Waals surface area (Å²) in [6, 6.07) is 3.33. The van der Waals surface area contributed by atoms with Crippen LogP contribution in [0.1, 0.15) is 64.8 Å². The summed E-state index contributed by atoms with van der Waals surface area (Å²) >= 11 is 19.0. The van der Waals surface area contributed by atoms with Gasteiger partial charge in [0, 0.05) is 23.0 Å². The van der Waals surface area contributed by atoms with E-state index in [1.54, 1.807) is 18.3 Å². The minimum atomic E-state index is -0.395. The van der Waals surface area contributed by atoms with Crippen molar-refractivity contribution in [3.63, 3.8) is 0 Å². The zero-order valence-electron chi connectivity index (χ0n) is 21.3. The van der Waals surface area contributed by atoms with E-state index in [0.717, 1.165) is 25.7 Å². The van der Waals surface area contributed by atoms with Crippen molar-refractivity contribution in [3.8, 4) is 0 Å². The van der Waals surface area contributed by atoms with Gasteiger partial charge in [-0.3, -0.25) is 9.36 Å². The fourth-order valence-electron chi connectivity index (χ4n) is 5.52. The van der Waals surface area contributed by atoms with Crippen LogP contribution in [0.5, 0.6) is 0 Å². The minimum absolute atomic E-state index is 0.0306. The summed E-state index contributed by atoms with van der Waals surface area (Å²) < 4.78 is 2.04. The molecule has 2 heterocycles. The number of anilines is 3. The number of fused-ring (bicyclic) bond motifs is 1. The quantitative estimate of drug-likeness (QED) is 0.277. The monoisotopic (exact) mass is 579 g/mol. The largest absolute Gasteiger partial charge is 0.392 e. The lowest BCUT2D eigenvalue weighted by Gasteiger charge is -2.39. The summed E-state index contributed by atoms with van der Waals surface area (Å²) in [5, 5.41) is 18.4. The number of imidazole rings is 1. The molecule has 2 aromatic heterocycles. The molecule has 5 N–H and O–H groups in total. The number of aliphatic hydroxyl groups excluding tert-OH is 1. The maximum atomic E-state index is 11.8. The van der Waals surface area contributed by atoms with Crippen LogP contribution in [0.4, 0.5) is 17.6 Å². The Hall–Kier alpha value is -2.33. The summed E-state index contributed by atoms with van der Waals surface area (Å²) in [6.45, 7) is 4.19. The van der Waals surface area contributed by atoms with Gasteiger partial charge in [-0.15, -0.1) is 0 Å². The molecule has 0 aliphatic heterocycles. The summed E-state index contributed by atoms with van der Waals surface area (Å²) in [5.41, 5.74) is 7.24. The molecule has 1 aromatic carbocycles. The van der Waals surface area contributed by atoms with Gasteiger partial charge >= 0.3 is 0 Å². The second kappa shape index (κ2) is 10.7. The van der Waals surface area contributed by atoms with Gasteiger partial charge in [-0.2, -0.15) is 4.98 Å². The van der Waals surface area contributed by atoms with E-state index in [9.17, 15) is 9.90 Å². The molecule has 9 nitrogen and oxygen atoms in total. The first kappa shape index (κ1) is 27.2. The molecule has 0 bridgehead atoms. The molecule has 2 aliphatic carbocycles. The second-order valence-electron chi connectivity index (χ2n) is 11.1. The molecule has 0 saturated heterocycles. The Morgan fingerprint density at radius 1 is 1.11 bits per heavy atom. The van der Waals surface area contributed by atoms with Gasteiger partial charge in [-0.25, -0.2) is 9.97 Å². The number of rotatable bonds is 6. The lowest BCUT2D eigenvalue weighted by Crippen LogP contribution is -2.41. The Labute approximate surface area is 236 Å². The molecule has 12 heteroatoms. The highest BCUT2D eigenvalue weighted by molar-refractivity contribution is 6.41. The van der Waals surface area contributed by atoms with Crippen LogP contribution in [0.25, 0.3) is 11.2 Å². The van der Waals surface area contributed by atoms with Crippen LogP contribution in [0.2, 0.25) is 15.1 Å². The highest BCUT2D eigenvalue weighted by Crippen LogP contribution is 2.40. The van der Waals surface area contributed by atoms with Crippen LogP contribution in [-0.4, -0.2) is 42.7 Å². The number of aromatic nitrogens is 4. The Morgan fingerprint density at radius 2 is 1.79 bits per heavy atom. The number of aliphatic hydroxyl groups is 1. The van der Waals surface area contributed by atoms with Gasteiger partial charge in [0.2, 0.25) is 17.8 Å². The highest BCUT2D eigenvalue weighted by atomic mass is 35.5. The van der Waals surface area contributed by atoms with Crippen molar-refractivity contribution >= 4 is 69.5 Å². The van der Waals surface area contributed by atoms with Gasteiger partial charge in [0.1, 0.15) is 5.52 Å². The maximum absolute atomic E-state index is 11.8. The minimum Gasteiger partial charge on any atom is -0.392 e. The Kier molecular flexibility index (Phi) is 7.66. The Balaban J connectivity index is 1.49. The van der Waals surface area contributed by atoms with Crippen LogP contribution in [0.3, 0.4) is 0 Å². The maximum Gasteiger partial charge on any atom is 0.224 e. The molecule has 2 atom stereocenters. The van der Waals surface area contributed by atoms with Crippen molar-refractivity contribution in [2.24, 2.45) is 17.1 Å². The molecule has 38 heavy (non-hydrogen) atoms. The summed E-state index contributed by atoms with van der Waals surface area (Å²) in [6.07, 6.45) is 6.61. The standard InChI is InChI=1S/C26H32Cl3N7O2/c1-26(2)8-7-15(11-20(26)37)32-24-31-12-19-23(35-24)36(16-5-3-13(4-6-16)22(30)38)25(33-19)34-21-17(28)9-14(27)10-18(21)29/h9-10,12-13,15-16,20,37H,3-8,11H2,1-2H3,(H2,30,38)(H,33,34)(H,31,32,35)/t13?,15-,16?,20-/m1/s1. The number of nitrogens with zero attached hydrogens (tertiary/aromatic N) is 4. The van der Waals surface area contributed by atoms with E-state index in [2.05, 4.69) is 29.5 Å². The summed E-state index contributed by atoms with van der Waals surface area (Å²) in [4.78, 5) is 25.9. The molecule has 3 aromatic rings. The first-order chi connectivity index (χ1) is 18.0. The van der Waals surface area contributed by atoms with Crippen molar-refractivity contribution in [2.75, 3.05) is 10.6 Å². The first-order valence-corrected chi connectivity index (χ1v) is 14.1. The number of halogens is 3. The van der Waals surface area contributed by atoms with Crippen molar-refractivity contribution in [3.05, 3.63) is 33.4 Å². The van der Waals surface area contributed by atoms with E-state index in [1.165, 1.54) is 0 Å². The predicted octanol–water partition coefficient (Wildman–Crippen LogP) is 6.10. The summed E-state index contributed by atoms with van der Waals surface area (Å²) in [5.74, 6) is 0.612. The van der Waals surface area contributed by atoms with Crippen LogP contribution in [-0.2, 0) is 4.79 Å². The smallest absolute Gasteiger partial charge is 0.224 e. The molecular weight excluding hydrogens is 549 g/mol. The lowest BCUT2D eigenvalue weighted by atomic mass is 9.73. The topological polar surface area (TPSA) is 131 Å². The molecule has 204 valence electrons. The van der Waals surface area contributed by atoms with Gasteiger partial charge in [-0.05, 0) is 62.5 Å². The molecule has 0 unspecified atom stereocenters. The van der Waals surface area contributed by atoms with Crippen LogP contribution in [0, 0.1) is 11.3 Å². The number of amides is 1. The molecule has 0 spiro atoms. The summed E-state index contributed by atoms with van der Waals surface area (Å²) in [7, 11) is 0. The number of hydrogen-bond donors (Lipinski definition) is 4. The molecule has 0 radical (unpaired) electrons. The normalized spacial score (nSPS) is 25.3. The van der Waals surface area contributed by atoms with Crippen LogP contribution < -0.4 is 16.4 Å². The van der Waals surface area contributed by atoms with Gasteiger partial charge in [-0.1, -0.05) is 48.7 Å². The number of carbonyl (C=O) groups is 1. The number of carbonyl (C=O) groups excluding carboxylic acids is 1. The van der Waals surface area contributed by atoms with Gasteiger partial charge in [0.25, 0.3) is 0 Å². The van der Waals surface area contributed by atoms with E-state index in [0.29, 0.717) is 63.1 Å². The Bertz CT molecular complexity index is 1330. The number of primary amides is 1. The zero-order chi connectivity index (χ0) is 27.2. The van der Waals surface area contributed by atoms with E-state index in [-0.39, 0.29) is 29.3 Å². The van der Waals surface area contributed by atoms with Gasteiger partial charge < -0.3 is 21.5 Å². The fourth-order valence-corrected chi connectivity index (χ4v) is 6.43. The molecular formula is C26H32Cl3N7O2. The average Bonchev–Trinajstić information content (AvgIpc) is 3.21. The first-order valence-electron chi connectivity index (χ1n) is 12.9. The van der Waals surface area contributed by atoms with Crippen LogP contribution >= 0.6 is 34.8 Å². The predicted molar refractivity (Wildman–Crippen MR) is 151 cm³/mol. The zero-order valence-corrected chi connectivity index (χ0v) is 23.6. The van der Waals surface area contributed by atoms with Crippen LogP contribution in [0.15, 0.2) is 18.3 Å². The van der Waals surface area contributed by atoms with Crippen molar-refractivity contribution in [2.45, 2.75) is 77.0 Å². The third-order valence-corrected chi connectivity index (χ3v) is 8.84. The van der Waals surface area contributed by atoms with E-state index in [4.69, 9.17) is 50.5 Å². The highest BCUT2D eigenvalue weighted by Gasteiger charge is 2.35. The molecule has 2 aliphatic rings. The third-order valence-electron chi connectivity index (χ3n) is 8.02. The lowest BCUT2D eigenvalue weighted by molar-refractivity contribution is -0.122. The third kappa shape index (κ3) is 5.52. The van der Waals surface area contributed by atoms with E-state index < -0.39 is 6.10 Å². The average molecular weight is 581 g/mol. The fraction of sp³-hybridized carbons (Fsp3) is 0.538. The SMILES string of the molecule is CC1(C)CC[C@@H](Nc2ncc3nc(Nc4c(Cl)cc(Cl)cc4Cl)n(C4CCC(C(N)=O)CC4)c3n2)C[C@H]1O. The molecule has 2 saturated carbocycles. The number of benzene rings is 1. The number of hydrogen-bond acceptors (Lipinski definition) is 7. The molecule has 5 rings (SSSR count). The van der Waals surface area contributed by atoms with E-state index >= 15 is 0 Å².